The minimum absolute atomic E-state index is 0.0490. The van der Waals surface area contributed by atoms with Gasteiger partial charge < -0.3 is 5.32 Å². The van der Waals surface area contributed by atoms with Crippen LogP contribution in [0.15, 0.2) is 24.3 Å². The lowest BCUT2D eigenvalue weighted by Gasteiger charge is -2.31. The van der Waals surface area contributed by atoms with E-state index in [0.29, 0.717) is 23.7 Å². The normalized spacial score (nSPS) is 16.1. The molecule has 0 atom stereocenters. The van der Waals surface area contributed by atoms with Gasteiger partial charge in [0.15, 0.2) is 0 Å². The largest absolute Gasteiger partial charge is 0.325 e. The summed E-state index contributed by atoms with van der Waals surface area (Å²) < 4.78 is 0. The first-order chi connectivity index (χ1) is 9.56. The third-order valence-electron chi connectivity index (χ3n) is 3.91. The highest BCUT2D eigenvalue weighted by molar-refractivity contribution is 6.30. The zero-order valence-electron chi connectivity index (χ0n) is 12.2. The number of carbonyl (C=O) groups excluding carboxylic acids is 1. The van der Waals surface area contributed by atoms with Crippen molar-refractivity contribution in [2.45, 2.75) is 51.6 Å². The molecule has 0 aliphatic heterocycles. The Labute approximate surface area is 126 Å². The molecule has 1 aliphatic carbocycles. The van der Waals surface area contributed by atoms with Gasteiger partial charge in [-0.2, -0.15) is 0 Å². The maximum atomic E-state index is 12.2. The Balaban J connectivity index is 1.92. The molecular formula is C16H23ClN2O. The SMILES string of the molecule is CC(C)N(CC(=O)Nc1ccc(Cl)cc1)C1CCCC1. The van der Waals surface area contributed by atoms with Gasteiger partial charge in [-0.15, -0.1) is 0 Å². The van der Waals surface area contributed by atoms with Crippen molar-refractivity contribution in [2.24, 2.45) is 0 Å². The molecule has 0 saturated heterocycles. The molecule has 4 heteroatoms. The highest BCUT2D eigenvalue weighted by Gasteiger charge is 2.26. The second-order valence-corrected chi connectivity index (χ2v) is 6.20. The molecule has 0 unspecified atom stereocenters. The van der Waals surface area contributed by atoms with E-state index in [9.17, 15) is 4.79 Å². The van der Waals surface area contributed by atoms with Gasteiger partial charge >= 0.3 is 0 Å². The summed E-state index contributed by atoms with van der Waals surface area (Å²) in [5.74, 6) is 0.0490. The van der Waals surface area contributed by atoms with E-state index in [1.807, 2.05) is 12.1 Å². The van der Waals surface area contributed by atoms with Crippen LogP contribution in [0.1, 0.15) is 39.5 Å². The number of carbonyl (C=O) groups is 1. The molecule has 0 spiro atoms. The van der Waals surface area contributed by atoms with Crippen molar-refractivity contribution in [3.63, 3.8) is 0 Å². The van der Waals surface area contributed by atoms with Crippen LogP contribution in [-0.2, 0) is 4.79 Å². The summed E-state index contributed by atoms with van der Waals surface area (Å²) in [7, 11) is 0. The lowest BCUT2D eigenvalue weighted by Crippen LogP contribution is -2.43. The predicted octanol–water partition coefficient (Wildman–Crippen LogP) is 3.93. The van der Waals surface area contributed by atoms with Crippen LogP contribution in [0.3, 0.4) is 0 Å². The lowest BCUT2D eigenvalue weighted by molar-refractivity contribution is -0.118. The zero-order valence-corrected chi connectivity index (χ0v) is 13.0. The van der Waals surface area contributed by atoms with E-state index in [1.165, 1.54) is 25.7 Å². The minimum Gasteiger partial charge on any atom is -0.325 e. The molecule has 1 aromatic carbocycles. The van der Waals surface area contributed by atoms with Crippen LogP contribution in [0.25, 0.3) is 0 Å². The van der Waals surface area contributed by atoms with E-state index in [1.54, 1.807) is 12.1 Å². The van der Waals surface area contributed by atoms with Gasteiger partial charge in [0, 0.05) is 22.8 Å². The molecule has 2 rings (SSSR count). The van der Waals surface area contributed by atoms with E-state index < -0.39 is 0 Å². The molecule has 1 amide bonds. The Morgan fingerprint density at radius 2 is 1.90 bits per heavy atom. The number of nitrogens with one attached hydrogen (secondary N) is 1. The topological polar surface area (TPSA) is 32.3 Å². The summed E-state index contributed by atoms with van der Waals surface area (Å²) in [4.78, 5) is 14.5. The van der Waals surface area contributed by atoms with Crippen LogP contribution in [0.2, 0.25) is 5.02 Å². The van der Waals surface area contributed by atoms with Crippen LogP contribution < -0.4 is 5.32 Å². The number of halogens is 1. The first-order valence-electron chi connectivity index (χ1n) is 7.37. The number of nitrogens with zero attached hydrogens (tertiary/aromatic N) is 1. The van der Waals surface area contributed by atoms with Crippen molar-refractivity contribution in [3.8, 4) is 0 Å². The van der Waals surface area contributed by atoms with E-state index in [-0.39, 0.29) is 5.91 Å². The van der Waals surface area contributed by atoms with Crippen LogP contribution in [0, 0.1) is 0 Å². The van der Waals surface area contributed by atoms with Gasteiger partial charge in [-0.25, -0.2) is 0 Å². The van der Waals surface area contributed by atoms with E-state index in [4.69, 9.17) is 11.6 Å². The maximum Gasteiger partial charge on any atom is 0.238 e. The summed E-state index contributed by atoms with van der Waals surface area (Å²) in [5, 5.41) is 3.62. The van der Waals surface area contributed by atoms with Crippen molar-refractivity contribution < 1.29 is 4.79 Å². The molecule has 1 saturated carbocycles. The van der Waals surface area contributed by atoms with Crippen LogP contribution in [0.4, 0.5) is 5.69 Å². The highest BCUT2D eigenvalue weighted by Crippen LogP contribution is 2.25. The van der Waals surface area contributed by atoms with E-state index >= 15 is 0 Å². The number of benzene rings is 1. The minimum atomic E-state index is 0.0490. The van der Waals surface area contributed by atoms with Gasteiger partial charge in [0.05, 0.1) is 6.54 Å². The molecule has 1 aromatic rings. The number of amides is 1. The molecule has 1 fully saturated rings. The Kier molecular flexibility index (Phi) is 5.44. The molecule has 3 nitrogen and oxygen atoms in total. The molecule has 1 N–H and O–H groups in total. The number of hydrogen-bond donors (Lipinski definition) is 1. The van der Waals surface area contributed by atoms with Crippen LogP contribution >= 0.6 is 11.6 Å². The fraction of sp³-hybridized carbons (Fsp3) is 0.562. The molecule has 0 heterocycles. The second-order valence-electron chi connectivity index (χ2n) is 5.76. The summed E-state index contributed by atoms with van der Waals surface area (Å²) >= 11 is 5.84. The smallest absolute Gasteiger partial charge is 0.238 e. The van der Waals surface area contributed by atoms with Crippen LogP contribution in [0.5, 0.6) is 0 Å². The molecule has 1 aliphatic rings. The monoisotopic (exact) mass is 294 g/mol. The quantitative estimate of drug-likeness (QED) is 0.892. The summed E-state index contributed by atoms with van der Waals surface area (Å²) in [6, 6.07) is 8.19. The Bertz CT molecular complexity index is 438. The van der Waals surface area contributed by atoms with E-state index in [2.05, 4.69) is 24.1 Å². The number of rotatable bonds is 5. The van der Waals surface area contributed by atoms with Gasteiger partial charge in [0.2, 0.25) is 5.91 Å². The highest BCUT2D eigenvalue weighted by atomic mass is 35.5. The Morgan fingerprint density at radius 3 is 2.45 bits per heavy atom. The third kappa shape index (κ3) is 4.22. The summed E-state index contributed by atoms with van der Waals surface area (Å²) in [6.45, 7) is 4.78. The van der Waals surface area contributed by atoms with Crippen molar-refractivity contribution in [1.29, 1.82) is 0 Å². The summed E-state index contributed by atoms with van der Waals surface area (Å²) in [5.41, 5.74) is 0.800. The van der Waals surface area contributed by atoms with Crippen molar-refractivity contribution in [3.05, 3.63) is 29.3 Å². The molecule has 0 aromatic heterocycles. The van der Waals surface area contributed by atoms with Gasteiger partial charge in [-0.3, -0.25) is 9.69 Å². The lowest BCUT2D eigenvalue weighted by atomic mass is 10.1. The van der Waals surface area contributed by atoms with Gasteiger partial charge in [-0.1, -0.05) is 24.4 Å². The summed E-state index contributed by atoms with van der Waals surface area (Å²) in [6.07, 6.45) is 5.00. The van der Waals surface area contributed by atoms with Gasteiger partial charge in [-0.05, 0) is 51.0 Å². The molecular weight excluding hydrogens is 272 g/mol. The van der Waals surface area contributed by atoms with Crippen molar-refractivity contribution >= 4 is 23.2 Å². The second kappa shape index (κ2) is 7.09. The molecule has 110 valence electrons. The average Bonchev–Trinajstić information content (AvgIpc) is 2.92. The van der Waals surface area contributed by atoms with Gasteiger partial charge in [0.25, 0.3) is 0 Å². The predicted molar refractivity (Wildman–Crippen MR) is 84.2 cm³/mol. The standard InChI is InChI=1S/C16H23ClN2O/c1-12(2)19(15-5-3-4-6-15)11-16(20)18-14-9-7-13(17)8-10-14/h7-10,12,15H,3-6,11H2,1-2H3,(H,18,20). The fourth-order valence-electron chi connectivity index (χ4n) is 2.87. The fourth-order valence-corrected chi connectivity index (χ4v) is 2.99. The van der Waals surface area contributed by atoms with E-state index in [0.717, 1.165) is 5.69 Å². The van der Waals surface area contributed by atoms with Gasteiger partial charge in [0.1, 0.15) is 0 Å². The molecule has 0 radical (unpaired) electrons. The first kappa shape index (κ1) is 15.3. The first-order valence-corrected chi connectivity index (χ1v) is 7.75. The molecule has 20 heavy (non-hydrogen) atoms. The van der Waals surface area contributed by atoms with Crippen molar-refractivity contribution in [1.82, 2.24) is 4.90 Å². The Hall–Kier alpha value is -1.06. The molecule has 0 bridgehead atoms. The Morgan fingerprint density at radius 1 is 1.30 bits per heavy atom. The maximum absolute atomic E-state index is 12.2. The third-order valence-corrected chi connectivity index (χ3v) is 4.16. The number of hydrogen-bond acceptors (Lipinski definition) is 2. The van der Waals surface area contributed by atoms with Crippen LogP contribution in [-0.4, -0.2) is 29.4 Å². The zero-order chi connectivity index (χ0) is 14.5. The van der Waals surface area contributed by atoms with Crippen molar-refractivity contribution in [2.75, 3.05) is 11.9 Å². The number of anilines is 1. The average molecular weight is 295 g/mol.